The molecule has 4 nitrogen and oxygen atoms in total. The van der Waals surface area contributed by atoms with E-state index < -0.39 is 17.3 Å². The Morgan fingerprint density at radius 2 is 2.29 bits per heavy atom. The highest BCUT2D eigenvalue weighted by Crippen LogP contribution is 2.15. The predicted octanol–water partition coefficient (Wildman–Crippen LogP) is 0.503. The second-order valence-corrected chi connectivity index (χ2v) is 3.24. The molecule has 0 radical (unpaired) electrons. The molecule has 0 saturated carbocycles. The SMILES string of the molecule is COC(=O)C(C)(N)CC/C(F)=C/CO. The molecule has 0 rings (SSSR count). The molecule has 0 heterocycles. The zero-order chi connectivity index (χ0) is 11.2. The van der Waals surface area contributed by atoms with Gasteiger partial charge in [-0.3, -0.25) is 4.79 Å². The molecule has 0 fully saturated rings. The van der Waals surface area contributed by atoms with Crippen molar-refractivity contribution in [2.45, 2.75) is 25.3 Å². The Labute approximate surface area is 82.5 Å². The van der Waals surface area contributed by atoms with Gasteiger partial charge in [-0.2, -0.15) is 0 Å². The minimum atomic E-state index is -1.19. The van der Waals surface area contributed by atoms with E-state index in [0.717, 1.165) is 6.08 Å². The number of ether oxygens (including phenoxy) is 1. The lowest BCUT2D eigenvalue weighted by atomic mass is 9.97. The van der Waals surface area contributed by atoms with Crippen LogP contribution in [-0.4, -0.2) is 30.3 Å². The van der Waals surface area contributed by atoms with Crippen molar-refractivity contribution in [3.8, 4) is 0 Å². The van der Waals surface area contributed by atoms with E-state index in [0.29, 0.717) is 0 Å². The maximum Gasteiger partial charge on any atom is 0.325 e. The minimum absolute atomic E-state index is 0.0165. The Morgan fingerprint density at radius 3 is 2.71 bits per heavy atom. The Morgan fingerprint density at radius 1 is 1.71 bits per heavy atom. The normalized spacial score (nSPS) is 16.2. The largest absolute Gasteiger partial charge is 0.468 e. The van der Waals surface area contributed by atoms with Crippen LogP contribution >= 0.6 is 0 Å². The van der Waals surface area contributed by atoms with Crippen LogP contribution in [0.15, 0.2) is 11.9 Å². The zero-order valence-corrected chi connectivity index (χ0v) is 8.42. The maximum absolute atomic E-state index is 12.8. The van der Waals surface area contributed by atoms with Gasteiger partial charge in [-0.15, -0.1) is 0 Å². The number of nitrogens with two attached hydrogens (primary N) is 1. The first kappa shape index (κ1) is 13.1. The number of carbonyl (C=O) groups excluding carboxylic acids is 1. The highest BCUT2D eigenvalue weighted by atomic mass is 19.1. The molecule has 0 amide bonds. The Balaban J connectivity index is 4.11. The molecular weight excluding hydrogens is 189 g/mol. The van der Waals surface area contributed by atoms with E-state index in [4.69, 9.17) is 10.8 Å². The molecule has 0 aliphatic carbocycles. The molecular formula is C9H16FNO3. The summed E-state index contributed by atoms with van der Waals surface area (Å²) in [6.07, 6.45) is 1.19. The molecule has 0 bridgehead atoms. The van der Waals surface area contributed by atoms with E-state index in [1.807, 2.05) is 0 Å². The van der Waals surface area contributed by atoms with Gasteiger partial charge in [-0.05, 0) is 19.4 Å². The average Bonchev–Trinajstić information content (AvgIpc) is 2.14. The van der Waals surface area contributed by atoms with Gasteiger partial charge in [0.2, 0.25) is 0 Å². The molecule has 0 aromatic carbocycles. The van der Waals surface area contributed by atoms with Crippen molar-refractivity contribution in [2.24, 2.45) is 5.73 Å². The second-order valence-electron chi connectivity index (χ2n) is 3.24. The maximum atomic E-state index is 12.8. The molecule has 0 aromatic heterocycles. The zero-order valence-electron chi connectivity index (χ0n) is 8.42. The number of methoxy groups -OCH3 is 1. The number of hydrogen-bond acceptors (Lipinski definition) is 4. The van der Waals surface area contributed by atoms with Gasteiger partial charge >= 0.3 is 5.97 Å². The summed E-state index contributed by atoms with van der Waals surface area (Å²) in [7, 11) is 1.23. The standard InChI is InChI=1S/C9H16FNO3/c1-9(11,8(13)14-2)5-3-7(10)4-6-12/h4,12H,3,5-6,11H2,1-2H3/b7-4-. The lowest BCUT2D eigenvalue weighted by Crippen LogP contribution is -2.45. The molecule has 1 atom stereocenters. The molecule has 1 unspecified atom stereocenters. The molecule has 0 aromatic rings. The summed E-state index contributed by atoms with van der Waals surface area (Å²) in [6.45, 7) is 1.12. The monoisotopic (exact) mass is 205 g/mol. The fourth-order valence-corrected chi connectivity index (χ4v) is 0.915. The summed E-state index contributed by atoms with van der Waals surface area (Å²) in [4.78, 5) is 11.1. The second kappa shape index (κ2) is 5.72. The Hall–Kier alpha value is -0.940. The molecule has 0 saturated heterocycles. The minimum Gasteiger partial charge on any atom is -0.468 e. The van der Waals surface area contributed by atoms with Gasteiger partial charge in [0.15, 0.2) is 0 Å². The van der Waals surface area contributed by atoms with Crippen molar-refractivity contribution < 1.29 is 19.0 Å². The van der Waals surface area contributed by atoms with Crippen LogP contribution in [0.1, 0.15) is 19.8 Å². The number of aliphatic hydroxyl groups is 1. The van der Waals surface area contributed by atoms with Gasteiger partial charge in [-0.1, -0.05) is 0 Å². The van der Waals surface area contributed by atoms with Gasteiger partial charge in [0.1, 0.15) is 5.54 Å². The number of carbonyl (C=O) groups is 1. The number of rotatable bonds is 5. The van der Waals surface area contributed by atoms with Gasteiger partial charge in [0.05, 0.1) is 19.5 Å². The number of allylic oxidation sites excluding steroid dienone is 1. The topological polar surface area (TPSA) is 72.5 Å². The van der Waals surface area contributed by atoms with Crippen LogP contribution < -0.4 is 5.73 Å². The predicted molar refractivity (Wildman–Crippen MR) is 50.1 cm³/mol. The summed E-state index contributed by atoms with van der Waals surface area (Å²) in [6, 6.07) is 0. The number of hydrogen-bond donors (Lipinski definition) is 2. The first-order valence-electron chi connectivity index (χ1n) is 4.26. The molecule has 14 heavy (non-hydrogen) atoms. The van der Waals surface area contributed by atoms with Gasteiger partial charge in [0, 0.05) is 6.42 Å². The average molecular weight is 205 g/mol. The van der Waals surface area contributed by atoms with E-state index in [-0.39, 0.29) is 19.4 Å². The third-order valence-corrected chi connectivity index (χ3v) is 1.85. The Kier molecular flexibility index (Phi) is 5.34. The summed E-state index contributed by atoms with van der Waals surface area (Å²) < 4.78 is 17.2. The van der Waals surface area contributed by atoms with Crippen LogP contribution in [0.3, 0.4) is 0 Å². The van der Waals surface area contributed by atoms with Gasteiger partial charge < -0.3 is 15.6 Å². The van der Waals surface area contributed by atoms with Crippen LogP contribution in [0, 0.1) is 0 Å². The molecule has 3 N–H and O–H groups in total. The third kappa shape index (κ3) is 4.34. The third-order valence-electron chi connectivity index (χ3n) is 1.85. The first-order chi connectivity index (χ1) is 6.44. The van der Waals surface area contributed by atoms with E-state index in [9.17, 15) is 9.18 Å². The summed E-state index contributed by atoms with van der Waals surface area (Å²) >= 11 is 0. The van der Waals surface area contributed by atoms with Crippen LogP contribution in [0.4, 0.5) is 4.39 Å². The molecule has 0 aliphatic rings. The van der Waals surface area contributed by atoms with Crippen molar-refractivity contribution in [2.75, 3.05) is 13.7 Å². The van der Waals surface area contributed by atoms with E-state index in [1.165, 1.54) is 14.0 Å². The van der Waals surface area contributed by atoms with Crippen molar-refractivity contribution >= 4 is 5.97 Å². The molecule has 0 aliphatic heterocycles. The van der Waals surface area contributed by atoms with Crippen molar-refractivity contribution in [3.63, 3.8) is 0 Å². The highest BCUT2D eigenvalue weighted by molar-refractivity contribution is 5.79. The van der Waals surface area contributed by atoms with Crippen LogP contribution in [0.2, 0.25) is 0 Å². The quantitative estimate of drug-likeness (QED) is 0.641. The van der Waals surface area contributed by atoms with Crippen molar-refractivity contribution in [1.29, 1.82) is 0 Å². The number of aliphatic hydroxyl groups excluding tert-OH is 1. The summed E-state index contributed by atoms with van der Waals surface area (Å²) in [5.41, 5.74) is 4.40. The fourth-order valence-electron chi connectivity index (χ4n) is 0.915. The van der Waals surface area contributed by atoms with E-state index in [2.05, 4.69) is 4.74 Å². The van der Waals surface area contributed by atoms with Crippen molar-refractivity contribution in [1.82, 2.24) is 0 Å². The molecule has 0 spiro atoms. The lowest BCUT2D eigenvalue weighted by Gasteiger charge is -2.20. The molecule has 5 heteroatoms. The van der Waals surface area contributed by atoms with Crippen LogP contribution in [0.5, 0.6) is 0 Å². The van der Waals surface area contributed by atoms with Crippen LogP contribution in [-0.2, 0) is 9.53 Å². The van der Waals surface area contributed by atoms with E-state index >= 15 is 0 Å². The molecule has 82 valence electrons. The van der Waals surface area contributed by atoms with Gasteiger partial charge in [0.25, 0.3) is 0 Å². The smallest absolute Gasteiger partial charge is 0.325 e. The van der Waals surface area contributed by atoms with Crippen molar-refractivity contribution in [3.05, 3.63) is 11.9 Å². The fraction of sp³-hybridized carbons (Fsp3) is 0.667. The summed E-state index contributed by atoms with van der Waals surface area (Å²) in [5.74, 6) is -1.05. The summed E-state index contributed by atoms with van der Waals surface area (Å²) in [5, 5.41) is 8.38. The number of halogens is 1. The first-order valence-corrected chi connectivity index (χ1v) is 4.26. The number of esters is 1. The Bertz CT molecular complexity index is 226. The highest BCUT2D eigenvalue weighted by Gasteiger charge is 2.29. The van der Waals surface area contributed by atoms with Crippen LogP contribution in [0.25, 0.3) is 0 Å². The lowest BCUT2D eigenvalue weighted by molar-refractivity contribution is -0.146. The van der Waals surface area contributed by atoms with E-state index in [1.54, 1.807) is 0 Å². The van der Waals surface area contributed by atoms with Gasteiger partial charge in [-0.25, -0.2) is 4.39 Å².